The number of nitrogens with one attached hydrogen (secondary N) is 3. The molecule has 0 fully saturated rings. The lowest BCUT2D eigenvalue weighted by Crippen LogP contribution is -2.26. The van der Waals surface area contributed by atoms with Gasteiger partial charge >= 0.3 is 5.69 Å². The zero-order valence-electron chi connectivity index (χ0n) is 14.5. The average molecular weight is 365 g/mol. The Morgan fingerprint density at radius 2 is 2.00 bits per heavy atom. The fourth-order valence-electron chi connectivity index (χ4n) is 3.16. The largest absolute Gasteiger partial charge is 0.371 e. The summed E-state index contributed by atoms with van der Waals surface area (Å²) in [6.45, 7) is 0.559. The van der Waals surface area contributed by atoms with Gasteiger partial charge in [-0.25, -0.2) is 4.79 Å². The van der Waals surface area contributed by atoms with Gasteiger partial charge < -0.3 is 16.0 Å². The zero-order chi connectivity index (χ0) is 18.8. The Kier molecular flexibility index (Phi) is 4.33. The summed E-state index contributed by atoms with van der Waals surface area (Å²) in [6.07, 6.45) is 5.11. The minimum Gasteiger partial charge on any atom is -0.368 e. The molecule has 0 aliphatic heterocycles. The summed E-state index contributed by atoms with van der Waals surface area (Å²) >= 11 is 0. The number of hydrogen-bond acceptors (Lipinski definition) is 5. The van der Waals surface area contributed by atoms with Crippen LogP contribution in [0.1, 0.15) is 17.5 Å². The van der Waals surface area contributed by atoms with Crippen LogP contribution in [0.4, 0.5) is 5.95 Å². The first-order chi connectivity index (χ1) is 13.1. The molecular formula is C18H19N7O2. The molecule has 9 heteroatoms. The molecule has 4 rings (SSSR count). The van der Waals surface area contributed by atoms with Crippen LogP contribution in [0.3, 0.4) is 0 Å². The number of nitrogen functional groups attached to an aromatic ring is 1. The monoisotopic (exact) mass is 365 g/mol. The lowest BCUT2D eigenvalue weighted by Gasteiger charge is -2.04. The van der Waals surface area contributed by atoms with Gasteiger partial charge in [-0.3, -0.25) is 9.89 Å². The van der Waals surface area contributed by atoms with E-state index < -0.39 is 5.69 Å². The fourth-order valence-corrected chi connectivity index (χ4v) is 3.16. The minimum atomic E-state index is -0.521. The first kappa shape index (κ1) is 16.8. The van der Waals surface area contributed by atoms with Gasteiger partial charge in [-0.15, -0.1) is 0 Å². The van der Waals surface area contributed by atoms with Gasteiger partial charge in [-0.1, -0.05) is 18.2 Å². The predicted octanol–water partition coefficient (Wildman–Crippen LogP) is 0.773. The number of hydrogen-bond donors (Lipinski definition) is 4. The molecule has 3 aromatic heterocycles. The van der Waals surface area contributed by atoms with Crippen LogP contribution in [0, 0.1) is 0 Å². The quantitative estimate of drug-likeness (QED) is 0.400. The van der Waals surface area contributed by atoms with Gasteiger partial charge in [0.05, 0.1) is 0 Å². The van der Waals surface area contributed by atoms with Crippen LogP contribution < -0.4 is 16.7 Å². The van der Waals surface area contributed by atoms with Crippen LogP contribution in [0.25, 0.3) is 16.6 Å². The highest BCUT2D eigenvalue weighted by Crippen LogP contribution is 2.17. The van der Waals surface area contributed by atoms with E-state index in [1.807, 2.05) is 24.4 Å². The second-order valence-electron chi connectivity index (χ2n) is 6.28. The van der Waals surface area contributed by atoms with Crippen molar-refractivity contribution in [1.82, 2.24) is 29.9 Å². The van der Waals surface area contributed by atoms with Crippen LogP contribution in [-0.2, 0) is 17.6 Å². The van der Waals surface area contributed by atoms with Crippen molar-refractivity contribution in [3.8, 4) is 0 Å². The molecule has 1 amide bonds. The van der Waals surface area contributed by atoms with E-state index in [2.05, 4.69) is 31.4 Å². The van der Waals surface area contributed by atoms with E-state index >= 15 is 0 Å². The molecule has 138 valence electrons. The van der Waals surface area contributed by atoms with Crippen molar-refractivity contribution in [3.05, 3.63) is 58.3 Å². The molecule has 0 spiro atoms. The Labute approximate surface area is 153 Å². The van der Waals surface area contributed by atoms with Crippen molar-refractivity contribution in [2.75, 3.05) is 12.3 Å². The molecule has 9 nitrogen and oxygen atoms in total. The summed E-state index contributed by atoms with van der Waals surface area (Å²) in [5, 5.41) is 6.88. The molecule has 1 aromatic carbocycles. The molecule has 0 aliphatic carbocycles. The smallest absolute Gasteiger partial charge is 0.368 e. The maximum Gasteiger partial charge on any atom is 0.371 e. The summed E-state index contributed by atoms with van der Waals surface area (Å²) in [5.74, 6) is -0.136. The van der Waals surface area contributed by atoms with Crippen molar-refractivity contribution < 1.29 is 4.79 Å². The molecule has 3 heterocycles. The number of para-hydroxylation sites is 1. The van der Waals surface area contributed by atoms with Crippen LogP contribution in [0.2, 0.25) is 0 Å². The molecule has 0 saturated carbocycles. The van der Waals surface area contributed by atoms with Crippen molar-refractivity contribution in [2.45, 2.75) is 19.3 Å². The summed E-state index contributed by atoms with van der Waals surface area (Å²) in [4.78, 5) is 34.7. The summed E-state index contributed by atoms with van der Waals surface area (Å²) in [5.41, 5.74) is 8.42. The summed E-state index contributed by atoms with van der Waals surface area (Å²) < 4.78 is 1.21. The maximum absolute atomic E-state index is 12.1. The normalized spacial score (nSPS) is 11.3. The number of aromatic amines is 2. The molecule has 0 unspecified atom stereocenters. The van der Waals surface area contributed by atoms with E-state index in [4.69, 9.17) is 5.73 Å². The second-order valence-corrected chi connectivity index (χ2v) is 6.28. The van der Waals surface area contributed by atoms with Gasteiger partial charge in [0.2, 0.25) is 11.9 Å². The van der Waals surface area contributed by atoms with Gasteiger partial charge in [0.15, 0.2) is 5.65 Å². The van der Waals surface area contributed by atoms with Crippen molar-refractivity contribution in [1.29, 1.82) is 0 Å². The number of fused-ring (bicyclic) bond motifs is 2. The highest BCUT2D eigenvalue weighted by atomic mass is 16.2. The molecule has 5 N–H and O–H groups in total. The number of benzene rings is 1. The van der Waals surface area contributed by atoms with Gasteiger partial charge in [0.25, 0.3) is 0 Å². The van der Waals surface area contributed by atoms with Gasteiger partial charge in [0, 0.05) is 41.8 Å². The lowest BCUT2D eigenvalue weighted by atomic mass is 10.1. The van der Waals surface area contributed by atoms with Crippen LogP contribution in [0.15, 0.2) is 41.5 Å². The lowest BCUT2D eigenvalue weighted by molar-refractivity contribution is -0.121. The van der Waals surface area contributed by atoms with Crippen molar-refractivity contribution >= 4 is 28.4 Å². The molecule has 0 aliphatic rings. The number of aromatic nitrogens is 5. The Morgan fingerprint density at radius 1 is 1.15 bits per heavy atom. The standard InChI is InChI=1S/C18H19N7O2/c19-17-23-16-12(10-22-25(16)18(27)24-17)5-6-15(26)20-8-7-11-9-21-14-4-2-1-3-13(11)14/h1-4,9-10,21-22H,5-8H2,(H,20,26)(H2,19,24,27). The van der Waals surface area contributed by atoms with E-state index in [1.165, 1.54) is 15.5 Å². The first-order valence-corrected chi connectivity index (χ1v) is 8.66. The summed E-state index contributed by atoms with van der Waals surface area (Å²) in [6, 6.07) is 8.08. The summed E-state index contributed by atoms with van der Waals surface area (Å²) in [7, 11) is 0. The van der Waals surface area contributed by atoms with Crippen molar-refractivity contribution in [3.63, 3.8) is 0 Å². The number of nitrogens with two attached hydrogens (primary N) is 1. The number of nitrogens with zero attached hydrogens (tertiary/aromatic N) is 3. The third-order valence-electron chi connectivity index (χ3n) is 4.50. The second kappa shape index (κ2) is 6.94. The number of H-pyrrole nitrogens is 2. The third-order valence-corrected chi connectivity index (χ3v) is 4.50. The number of rotatable bonds is 6. The van der Waals surface area contributed by atoms with Gasteiger partial charge in [0.1, 0.15) is 0 Å². The van der Waals surface area contributed by atoms with Crippen molar-refractivity contribution in [2.24, 2.45) is 0 Å². The number of anilines is 1. The Morgan fingerprint density at radius 3 is 2.89 bits per heavy atom. The van der Waals surface area contributed by atoms with E-state index in [9.17, 15) is 9.59 Å². The van der Waals surface area contributed by atoms with Crippen LogP contribution in [0.5, 0.6) is 0 Å². The van der Waals surface area contributed by atoms with E-state index in [0.717, 1.165) is 17.5 Å². The Hall–Kier alpha value is -3.62. The number of aryl methyl sites for hydroxylation is 1. The number of amides is 1. The minimum absolute atomic E-state index is 0.0569. The molecular weight excluding hydrogens is 346 g/mol. The highest BCUT2D eigenvalue weighted by Gasteiger charge is 2.11. The Balaban J connectivity index is 1.33. The van der Waals surface area contributed by atoms with Crippen LogP contribution >= 0.6 is 0 Å². The van der Waals surface area contributed by atoms with E-state index in [0.29, 0.717) is 25.0 Å². The van der Waals surface area contributed by atoms with Gasteiger partial charge in [-0.05, 0) is 24.5 Å². The maximum atomic E-state index is 12.1. The molecule has 0 atom stereocenters. The SMILES string of the molecule is Nc1nc(=O)n2[nH]cc(CCC(=O)NCCc3c[nH]c4ccccc34)c2n1. The molecule has 4 aromatic rings. The Bertz CT molecular complexity index is 1170. The third kappa shape index (κ3) is 3.39. The van der Waals surface area contributed by atoms with Crippen LogP contribution in [-0.4, -0.2) is 37.0 Å². The van der Waals surface area contributed by atoms with Gasteiger partial charge in [-0.2, -0.15) is 14.5 Å². The molecule has 0 bridgehead atoms. The van der Waals surface area contributed by atoms with E-state index in [-0.39, 0.29) is 11.9 Å². The molecule has 0 radical (unpaired) electrons. The molecule has 27 heavy (non-hydrogen) atoms. The number of carbonyl (C=O) groups is 1. The fraction of sp³-hybridized carbons (Fsp3) is 0.222. The van der Waals surface area contributed by atoms with E-state index in [1.54, 1.807) is 6.20 Å². The number of carbonyl (C=O) groups excluding carboxylic acids is 1. The zero-order valence-corrected chi connectivity index (χ0v) is 14.5. The average Bonchev–Trinajstić information content (AvgIpc) is 3.24. The highest BCUT2D eigenvalue weighted by molar-refractivity contribution is 5.83. The first-order valence-electron chi connectivity index (χ1n) is 8.66. The molecule has 0 saturated heterocycles. The topological polar surface area (TPSA) is 134 Å². The predicted molar refractivity (Wildman–Crippen MR) is 101 cm³/mol.